The van der Waals surface area contributed by atoms with Crippen LogP contribution in [0, 0.1) is 0 Å². The van der Waals surface area contributed by atoms with Gasteiger partial charge in [-0.1, -0.05) is 30.0 Å². The van der Waals surface area contributed by atoms with Crippen molar-refractivity contribution in [1.82, 2.24) is 15.5 Å². The first kappa shape index (κ1) is 19.6. The highest BCUT2D eigenvalue weighted by atomic mass is 32.2. The summed E-state index contributed by atoms with van der Waals surface area (Å²) in [5.41, 5.74) is 0.921. The van der Waals surface area contributed by atoms with Gasteiger partial charge in [0.05, 0.1) is 5.25 Å². The van der Waals surface area contributed by atoms with E-state index in [0.717, 1.165) is 5.56 Å². The first-order valence-corrected chi connectivity index (χ1v) is 10.6. The minimum Gasteiger partial charge on any atom is -0.485 e. The summed E-state index contributed by atoms with van der Waals surface area (Å²) in [4.78, 5) is 12.5. The Morgan fingerprint density at radius 3 is 2.81 bits per heavy atom. The molecular weight excluding hydrogens is 422 g/mol. The molecule has 1 aromatic heterocycles. The van der Waals surface area contributed by atoms with E-state index in [1.54, 1.807) is 6.92 Å². The molecular formula is C21H19N3O6S. The number of aromatic nitrogens is 2. The predicted octanol–water partition coefficient (Wildman–Crippen LogP) is 3.11. The number of para-hydroxylation sites is 2. The molecule has 2 atom stereocenters. The molecule has 0 saturated heterocycles. The second-order valence-corrected chi connectivity index (χ2v) is 8.23. The molecule has 31 heavy (non-hydrogen) atoms. The summed E-state index contributed by atoms with van der Waals surface area (Å²) >= 11 is 1.18. The minimum atomic E-state index is -0.494. The summed E-state index contributed by atoms with van der Waals surface area (Å²) in [6, 6.07) is 13.0. The van der Waals surface area contributed by atoms with E-state index in [1.165, 1.54) is 11.8 Å². The molecule has 5 rings (SSSR count). The Bertz CT molecular complexity index is 1100. The molecule has 1 N–H and O–H groups in total. The zero-order chi connectivity index (χ0) is 21.2. The van der Waals surface area contributed by atoms with Crippen LogP contribution in [0.1, 0.15) is 24.5 Å². The molecule has 0 unspecified atom stereocenters. The molecule has 0 saturated carbocycles. The van der Waals surface area contributed by atoms with Gasteiger partial charge in [-0.25, -0.2) is 0 Å². The van der Waals surface area contributed by atoms with Gasteiger partial charge in [0, 0.05) is 6.54 Å². The van der Waals surface area contributed by atoms with Crippen LogP contribution in [-0.4, -0.2) is 34.8 Å². The number of benzene rings is 2. The van der Waals surface area contributed by atoms with Crippen molar-refractivity contribution in [2.75, 3.05) is 13.4 Å². The molecule has 0 radical (unpaired) electrons. The van der Waals surface area contributed by atoms with Crippen molar-refractivity contribution in [1.29, 1.82) is 0 Å². The molecule has 0 fully saturated rings. The van der Waals surface area contributed by atoms with E-state index in [0.29, 0.717) is 40.7 Å². The topological polar surface area (TPSA) is 105 Å². The van der Waals surface area contributed by atoms with Crippen molar-refractivity contribution in [2.24, 2.45) is 0 Å². The maximum atomic E-state index is 12.5. The standard InChI is InChI=1S/C21H19N3O6S/c1-12(19(25)22-9-13-6-7-15-17(8-13)28-11-27-15)31-21-24-23-20(30-21)18-10-26-14-4-2-3-5-16(14)29-18/h2-8,12,18H,9-11H2,1H3,(H,22,25)/t12-,18-/m0/s1. The number of ether oxygens (including phenoxy) is 4. The summed E-state index contributed by atoms with van der Waals surface area (Å²) in [5, 5.41) is 10.9. The summed E-state index contributed by atoms with van der Waals surface area (Å²) < 4.78 is 27.9. The fraction of sp³-hybridized carbons (Fsp3) is 0.286. The van der Waals surface area contributed by atoms with Gasteiger partial charge in [-0.2, -0.15) is 0 Å². The molecule has 3 heterocycles. The quantitative estimate of drug-likeness (QED) is 0.578. The van der Waals surface area contributed by atoms with Crippen LogP contribution < -0.4 is 24.3 Å². The highest BCUT2D eigenvalue weighted by Crippen LogP contribution is 2.36. The average molecular weight is 441 g/mol. The highest BCUT2D eigenvalue weighted by Gasteiger charge is 2.28. The van der Waals surface area contributed by atoms with E-state index in [4.69, 9.17) is 23.4 Å². The highest BCUT2D eigenvalue weighted by molar-refractivity contribution is 8.00. The lowest BCUT2D eigenvalue weighted by atomic mass is 10.2. The van der Waals surface area contributed by atoms with Crippen molar-refractivity contribution >= 4 is 17.7 Å². The first-order chi connectivity index (χ1) is 15.2. The largest absolute Gasteiger partial charge is 0.485 e. The van der Waals surface area contributed by atoms with Crippen LogP contribution >= 0.6 is 11.8 Å². The third-order valence-corrected chi connectivity index (χ3v) is 5.69. The third-order valence-electron chi connectivity index (χ3n) is 4.76. The Morgan fingerprint density at radius 1 is 1.10 bits per heavy atom. The Labute approximate surface area is 182 Å². The zero-order valence-electron chi connectivity index (χ0n) is 16.6. The Balaban J connectivity index is 1.15. The van der Waals surface area contributed by atoms with Gasteiger partial charge in [-0.15, -0.1) is 10.2 Å². The SMILES string of the molecule is C[C@H](Sc1nnc([C@@H]2COc3ccccc3O2)o1)C(=O)NCc1ccc2c(c1)OCO2. The number of nitrogens with one attached hydrogen (secondary N) is 1. The van der Waals surface area contributed by atoms with E-state index < -0.39 is 11.4 Å². The van der Waals surface area contributed by atoms with Gasteiger partial charge >= 0.3 is 0 Å². The Morgan fingerprint density at radius 2 is 1.90 bits per heavy atom. The molecule has 3 aromatic rings. The van der Waals surface area contributed by atoms with E-state index in [1.807, 2.05) is 42.5 Å². The van der Waals surface area contributed by atoms with Crippen LogP contribution in [0.4, 0.5) is 0 Å². The van der Waals surface area contributed by atoms with Crippen molar-refractivity contribution in [3.63, 3.8) is 0 Å². The van der Waals surface area contributed by atoms with Crippen LogP contribution in [0.5, 0.6) is 23.0 Å². The number of hydrogen-bond donors (Lipinski definition) is 1. The van der Waals surface area contributed by atoms with Gasteiger partial charge in [-0.3, -0.25) is 4.79 Å². The molecule has 2 aliphatic rings. The number of carbonyl (C=O) groups is 1. The van der Waals surface area contributed by atoms with Gasteiger partial charge in [-0.05, 0) is 36.8 Å². The lowest BCUT2D eigenvalue weighted by molar-refractivity contribution is -0.120. The molecule has 0 bridgehead atoms. The van der Waals surface area contributed by atoms with Crippen LogP contribution in [-0.2, 0) is 11.3 Å². The van der Waals surface area contributed by atoms with Crippen LogP contribution in [0.3, 0.4) is 0 Å². The smallest absolute Gasteiger partial charge is 0.277 e. The van der Waals surface area contributed by atoms with Gasteiger partial charge in [0.15, 0.2) is 23.0 Å². The molecule has 0 aliphatic carbocycles. The summed E-state index contributed by atoms with van der Waals surface area (Å²) in [5.74, 6) is 2.87. The average Bonchev–Trinajstić information content (AvgIpc) is 3.46. The molecule has 1 amide bonds. The summed E-state index contributed by atoms with van der Waals surface area (Å²) in [6.45, 7) is 2.65. The Kier molecular flexibility index (Phi) is 5.29. The lowest BCUT2D eigenvalue weighted by Crippen LogP contribution is -2.30. The molecule has 9 nitrogen and oxygen atoms in total. The monoisotopic (exact) mass is 441 g/mol. The molecule has 2 aliphatic heterocycles. The van der Waals surface area contributed by atoms with Crippen LogP contribution in [0.15, 0.2) is 52.1 Å². The minimum absolute atomic E-state index is 0.145. The fourth-order valence-electron chi connectivity index (χ4n) is 3.13. The van der Waals surface area contributed by atoms with E-state index in [-0.39, 0.29) is 19.3 Å². The van der Waals surface area contributed by atoms with Crippen molar-refractivity contribution in [3.05, 3.63) is 53.9 Å². The van der Waals surface area contributed by atoms with E-state index >= 15 is 0 Å². The number of thioether (sulfide) groups is 1. The summed E-state index contributed by atoms with van der Waals surface area (Å²) in [6.07, 6.45) is -0.494. The van der Waals surface area contributed by atoms with Crippen molar-refractivity contribution in [2.45, 2.75) is 30.0 Å². The number of carbonyl (C=O) groups excluding carboxylic acids is 1. The number of fused-ring (bicyclic) bond motifs is 2. The van der Waals surface area contributed by atoms with E-state index in [9.17, 15) is 4.79 Å². The number of nitrogens with zero attached hydrogens (tertiary/aromatic N) is 2. The second-order valence-electron chi connectivity index (χ2n) is 6.94. The third kappa shape index (κ3) is 4.24. The second kappa shape index (κ2) is 8.38. The predicted molar refractivity (Wildman–Crippen MR) is 109 cm³/mol. The lowest BCUT2D eigenvalue weighted by Gasteiger charge is -2.23. The Hall–Kier alpha value is -3.40. The molecule has 2 aromatic carbocycles. The number of amides is 1. The normalized spacial score (nSPS) is 17.3. The molecule has 160 valence electrons. The van der Waals surface area contributed by atoms with Crippen molar-refractivity contribution < 1.29 is 28.2 Å². The first-order valence-electron chi connectivity index (χ1n) is 9.70. The number of rotatable bonds is 6. The summed E-state index contributed by atoms with van der Waals surface area (Å²) in [7, 11) is 0. The maximum absolute atomic E-state index is 12.5. The molecule has 0 spiro atoms. The van der Waals surface area contributed by atoms with Crippen LogP contribution in [0.2, 0.25) is 0 Å². The zero-order valence-corrected chi connectivity index (χ0v) is 17.4. The van der Waals surface area contributed by atoms with Crippen LogP contribution in [0.25, 0.3) is 0 Å². The van der Waals surface area contributed by atoms with Gasteiger partial charge < -0.3 is 28.7 Å². The van der Waals surface area contributed by atoms with Crippen molar-refractivity contribution in [3.8, 4) is 23.0 Å². The maximum Gasteiger partial charge on any atom is 0.277 e. The van der Waals surface area contributed by atoms with Gasteiger partial charge in [0.2, 0.25) is 18.8 Å². The van der Waals surface area contributed by atoms with Gasteiger partial charge in [0.1, 0.15) is 6.61 Å². The molecule has 10 heteroatoms. The van der Waals surface area contributed by atoms with Gasteiger partial charge in [0.25, 0.3) is 11.1 Å². The van der Waals surface area contributed by atoms with E-state index in [2.05, 4.69) is 15.5 Å². The number of hydrogen-bond acceptors (Lipinski definition) is 9. The fourth-order valence-corrected chi connectivity index (χ4v) is 3.84.